The number of likely N-dealkylation sites (tertiary alicyclic amines) is 1. The fraction of sp³-hybridized carbons (Fsp3) is 0.500. The molecule has 0 aromatic carbocycles. The summed E-state index contributed by atoms with van der Waals surface area (Å²) < 4.78 is 64.3. The molecule has 1 aliphatic rings. The Hall–Kier alpha value is -2.26. The van der Waals surface area contributed by atoms with Crippen LogP contribution in [0.25, 0.3) is 0 Å². The smallest absolute Gasteiger partial charge is 0.329 e. The number of amides is 2. The summed E-state index contributed by atoms with van der Waals surface area (Å²) in [5, 5.41) is 0. The van der Waals surface area contributed by atoms with Gasteiger partial charge < -0.3 is 9.80 Å². The maximum Gasteiger partial charge on any atom is 0.418 e. The SMILES string of the molecule is CC(=O)N(CC(=O)N1CC(F)(F)C1)Cc1ncccc1C(F)(F)F. The zero-order valence-corrected chi connectivity index (χ0v) is 12.6. The largest absolute Gasteiger partial charge is 0.418 e. The second-order valence-electron chi connectivity index (χ2n) is 5.48. The van der Waals surface area contributed by atoms with Gasteiger partial charge in [0.2, 0.25) is 11.8 Å². The van der Waals surface area contributed by atoms with Crippen molar-refractivity contribution in [3.63, 3.8) is 0 Å². The van der Waals surface area contributed by atoms with Crippen LogP contribution in [0.4, 0.5) is 22.0 Å². The molecule has 132 valence electrons. The van der Waals surface area contributed by atoms with E-state index in [1.807, 2.05) is 0 Å². The van der Waals surface area contributed by atoms with E-state index in [1.165, 1.54) is 0 Å². The number of carbonyl (C=O) groups is 2. The Morgan fingerprint density at radius 3 is 2.46 bits per heavy atom. The summed E-state index contributed by atoms with van der Waals surface area (Å²) in [7, 11) is 0. The van der Waals surface area contributed by atoms with E-state index in [9.17, 15) is 31.5 Å². The molecule has 0 radical (unpaired) electrons. The van der Waals surface area contributed by atoms with E-state index in [2.05, 4.69) is 4.98 Å². The molecule has 0 atom stereocenters. The molecule has 2 amide bonds. The minimum absolute atomic E-state index is 0.415. The van der Waals surface area contributed by atoms with E-state index in [-0.39, 0.29) is 0 Å². The van der Waals surface area contributed by atoms with Gasteiger partial charge in [-0.05, 0) is 12.1 Å². The van der Waals surface area contributed by atoms with Gasteiger partial charge in [0.15, 0.2) is 0 Å². The van der Waals surface area contributed by atoms with Crippen molar-refractivity contribution in [1.29, 1.82) is 0 Å². The van der Waals surface area contributed by atoms with Crippen molar-refractivity contribution in [1.82, 2.24) is 14.8 Å². The predicted molar refractivity (Wildman–Crippen MR) is 71.9 cm³/mol. The maximum atomic E-state index is 12.9. The second-order valence-corrected chi connectivity index (χ2v) is 5.48. The Bertz CT molecular complexity index is 640. The van der Waals surface area contributed by atoms with Gasteiger partial charge in [-0.2, -0.15) is 13.2 Å². The molecule has 0 aliphatic carbocycles. The summed E-state index contributed by atoms with van der Waals surface area (Å²) in [6.45, 7) is -1.56. The molecule has 5 nitrogen and oxygen atoms in total. The van der Waals surface area contributed by atoms with Gasteiger partial charge in [-0.25, -0.2) is 8.78 Å². The molecule has 1 fully saturated rings. The molecule has 0 N–H and O–H groups in total. The molecule has 0 unspecified atom stereocenters. The normalized spacial score (nSPS) is 16.5. The lowest BCUT2D eigenvalue weighted by atomic mass is 10.1. The third-order valence-electron chi connectivity index (χ3n) is 3.50. The fourth-order valence-corrected chi connectivity index (χ4v) is 2.23. The molecule has 1 aromatic heterocycles. The average molecular weight is 351 g/mol. The Kier molecular flexibility index (Phi) is 4.77. The third kappa shape index (κ3) is 4.18. The molecule has 0 bridgehead atoms. The zero-order valence-electron chi connectivity index (χ0n) is 12.6. The number of hydrogen-bond donors (Lipinski definition) is 0. The highest BCUT2D eigenvalue weighted by Gasteiger charge is 2.46. The van der Waals surface area contributed by atoms with Crippen molar-refractivity contribution >= 4 is 11.8 Å². The van der Waals surface area contributed by atoms with Crippen LogP contribution in [0.2, 0.25) is 0 Å². The molecule has 24 heavy (non-hydrogen) atoms. The molecule has 1 aromatic rings. The third-order valence-corrected chi connectivity index (χ3v) is 3.50. The van der Waals surface area contributed by atoms with Crippen molar-refractivity contribution < 1.29 is 31.5 Å². The van der Waals surface area contributed by atoms with Crippen LogP contribution in [0.5, 0.6) is 0 Å². The standard InChI is InChI=1S/C14H14F5N3O2/c1-9(23)21(6-12(24)22-7-13(15,16)8-22)5-11-10(14(17,18)19)3-2-4-20-11/h2-4H,5-8H2,1H3. The summed E-state index contributed by atoms with van der Waals surface area (Å²) in [4.78, 5) is 28.8. The highest BCUT2D eigenvalue weighted by molar-refractivity contribution is 5.84. The predicted octanol–water partition coefficient (Wildman–Crippen LogP) is 1.93. The second kappa shape index (κ2) is 6.33. The molecule has 2 heterocycles. The van der Waals surface area contributed by atoms with Gasteiger partial charge in [0, 0.05) is 13.1 Å². The highest BCUT2D eigenvalue weighted by Crippen LogP contribution is 2.31. The molecule has 2 rings (SSSR count). The summed E-state index contributed by atoms with van der Waals surface area (Å²) in [5.74, 6) is -4.36. The van der Waals surface area contributed by atoms with E-state index in [0.29, 0.717) is 0 Å². The van der Waals surface area contributed by atoms with Crippen molar-refractivity contribution in [3.05, 3.63) is 29.6 Å². The highest BCUT2D eigenvalue weighted by atomic mass is 19.4. The van der Waals surface area contributed by atoms with E-state index >= 15 is 0 Å². The minimum atomic E-state index is -4.66. The first-order valence-corrected chi connectivity index (χ1v) is 6.92. The molecule has 10 heteroatoms. The van der Waals surface area contributed by atoms with Crippen LogP contribution >= 0.6 is 0 Å². The molecular formula is C14H14F5N3O2. The molecule has 0 spiro atoms. The van der Waals surface area contributed by atoms with Crippen LogP contribution in [-0.2, 0) is 22.3 Å². The summed E-state index contributed by atoms with van der Waals surface area (Å²) in [6, 6.07) is 1.93. The molecular weight excluding hydrogens is 337 g/mol. The Morgan fingerprint density at radius 1 is 1.33 bits per heavy atom. The van der Waals surface area contributed by atoms with Crippen LogP contribution < -0.4 is 0 Å². The number of carbonyl (C=O) groups excluding carboxylic acids is 2. The van der Waals surface area contributed by atoms with Crippen LogP contribution in [0, 0.1) is 0 Å². The first-order valence-electron chi connectivity index (χ1n) is 6.92. The van der Waals surface area contributed by atoms with E-state index in [4.69, 9.17) is 0 Å². The molecule has 1 saturated heterocycles. The Balaban J connectivity index is 2.10. The average Bonchev–Trinajstić information content (AvgIpc) is 2.43. The quantitative estimate of drug-likeness (QED) is 0.779. The van der Waals surface area contributed by atoms with Crippen molar-refractivity contribution in [2.75, 3.05) is 19.6 Å². The number of alkyl halides is 5. The molecule has 1 aliphatic heterocycles. The van der Waals surface area contributed by atoms with E-state index < -0.39 is 61.3 Å². The Morgan fingerprint density at radius 2 is 1.96 bits per heavy atom. The van der Waals surface area contributed by atoms with Crippen LogP contribution in [0.15, 0.2) is 18.3 Å². The van der Waals surface area contributed by atoms with Gasteiger partial charge in [-0.1, -0.05) is 0 Å². The number of halogens is 5. The minimum Gasteiger partial charge on any atom is -0.329 e. The first-order chi connectivity index (χ1) is 11.0. The first kappa shape index (κ1) is 18.1. The lowest BCUT2D eigenvalue weighted by Crippen LogP contribution is -2.60. The van der Waals surface area contributed by atoms with Crippen molar-refractivity contribution in [2.24, 2.45) is 0 Å². The van der Waals surface area contributed by atoms with Gasteiger partial charge in [0.05, 0.1) is 30.9 Å². The monoisotopic (exact) mass is 351 g/mol. The number of hydrogen-bond acceptors (Lipinski definition) is 3. The van der Waals surface area contributed by atoms with Crippen molar-refractivity contribution in [3.8, 4) is 0 Å². The van der Waals surface area contributed by atoms with Gasteiger partial charge in [0.25, 0.3) is 5.92 Å². The van der Waals surface area contributed by atoms with Gasteiger partial charge >= 0.3 is 6.18 Å². The fourth-order valence-electron chi connectivity index (χ4n) is 2.23. The van der Waals surface area contributed by atoms with Gasteiger partial charge in [-0.15, -0.1) is 0 Å². The van der Waals surface area contributed by atoms with Crippen LogP contribution in [0.1, 0.15) is 18.2 Å². The summed E-state index contributed by atoms with van der Waals surface area (Å²) in [5.41, 5.74) is -1.43. The lowest BCUT2D eigenvalue weighted by Gasteiger charge is -2.39. The number of rotatable bonds is 4. The number of nitrogens with zero attached hydrogens (tertiary/aromatic N) is 3. The summed E-state index contributed by atoms with van der Waals surface area (Å²) in [6.07, 6.45) is -3.52. The molecule has 0 saturated carbocycles. The van der Waals surface area contributed by atoms with Crippen LogP contribution in [-0.4, -0.2) is 52.2 Å². The maximum absolute atomic E-state index is 12.9. The topological polar surface area (TPSA) is 53.5 Å². The van der Waals surface area contributed by atoms with Gasteiger partial charge in [-0.3, -0.25) is 14.6 Å². The Labute approximate surface area is 134 Å². The van der Waals surface area contributed by atoms with Gasteiger partial charge in [0.1, 0.15) is 6.54 Å². The number of aromatic nitrogens is 1. The van der Waals surface area contributed by atoms with E-state index in [0.717, 1.165) is 35.1 Å². The number of pyridine rings is 1. The van der Waals surface area contributed by atoms with Crippen molar-refractivity contribution in [2.45, 2.75) is 25.6 Å². The van der Waals surface area contributed by atoms with Crippen LogP contribution in [0.3, 0.4) is 0 Å². The summed E-state index contributed by atoms with van der Waals surface area (Å²) >= 11 is 0. The zero-order chi connectivity index (χ0) is 18.1. The van der Waals surface area contributed by atoms with E-state index in [1.54, 1.807) is 0 Å². The lowest BCUT2D eigenvalue weighted by molar-refractivity contribution is -0.167.